The summed E-state index contributed by atoms with van der Waals surface area (Å²) in [6, 6.07) is 2.96. The zero-order valence-corrected chi connectivity index (χ0v) is 12.3. The van der Waals surface area contributed by atoms with E-state index in [1.807, 2.05) is 0 Å². The molecule has 1 saturated heterocycles. The Morgan fingerprint density at radius 2 is 2.11 bits per heavy atom. The van der Waals surface area contributed by atoms with Gasteiger partial charge in [0.1, 0.15) is 10.1 Å². The Kier molecular flexibility index (Phi) is 3.87. The molecule has 1 aromatic carbocycles. The minimum atomic E-state index is -0.208. The van der Waals surface area contributed by atoms with Crippen LogP contribution in [0.25, 0.3) is 6.08 Å². The average Bonchev–Trinajstić information content (AvgIpc) is 2.53. The molecule has 0 bridgehead atoms. The smallest absolute Gasteiger partial charge is 0.265 e. The molecular formula is C11H7Cl2NO2S2. The van der Waals surface area contributed by atoms with Gasteiger partial charge < -0.3 is 5.11 Å². The summed E-state index contributed by atoms with van der Waals surface area (Å²) < 4.78 is 0.471. The van der Waals surface area contributed by atoms with Crippen LogP contribution in [0.5, 0.6) is 5.75 Å². The Labute approximate surface area is 123 Å². The van der Waals surface area contributed by atoms with E-state index in [4.69, 9.17) is 35.4 Å². The summed E-state index contributed by atoms with van der Waals surface area (Å²) in [5, 5.41) is 10.3. The van der Waals surface area contributed by atoms with Gasteiger partial charge in [-0.15, -0.1) is 0 Å². The predicted octanol–water partition coefficient (Wildman–Crippen LogP) is 3.53. The summed E-state index contributed by atoms with van der Waals surface area (Å²) in [7, 11) is 1.60. The quantitative estimate of drug-likeness (QED) is 0.635. The molecule has 0 aromatic heterocycles. The zero-order chi connectivity index (χ0) is 13.4. The van der Waals surface area contributed by atoms with Crippen LogP contribution in [-0.4, -0.2) is 27.3 Å². The number of carbonyl (C=O) groups excluding carboxylic acids is 1. The van der Waals surface area contributed by atoms with Gasteiger partial charge >= 0.3 is 0 Å². The molecule has 3 nitrogen and oxygen atoms in total. The van der Waals surface area contributed by atoms with Gasteiger partial charge in [0.25, 0.3) is 5.91 Å². The molecule has 1 N–H and O–H groups in total. The topological polar surface area (TPSA) is 40.5 Å². The third-order valence-corrected chi connectivity index (χ3v) is 4.32. The van der Waals surface area contributed by atoms with Gasteiger partial charge in [0.15, 0.2) is 0 Å². The van der Waals surface area contributed by atoms with Crippen LogP contribution in [0.15, 0.2) is 17.0 Å². The second kappa shape index (κ2) is 5.09. The number of amides is 1. The van der Waals surface area contributed by atoms with Crippen molar-refractivity contribution in [2.75, 3.05) is 7.05 Å². The Hall–Kier alpha value is -0.750. The summed E-state index contributed by atoms with van der Waals surface area (Å²) in [6.07, 6.45) is 1.52. The Balaban J connectivity index is 2.46. The van der Waals surface area contributed by atoms with E-state index in [9.17, 15) is 9.90 Å². The van der Waals surface area contributed by atoms with Gasteiger partial charge in [-0.1, -0.05) is 47.2 Å². The summed E-state index contributed by atoms with van der Waals surface area (Å²) in [4.78, 5) is 13.6. The fourth-order valence-electron chi connectivity index (χ4n) is 1.38. The summed E-state index contributed by atoms with van der Waals surface area (Å²) >= 11 is 17.8. The molecule has 0 radical (unpaired) electrons. The van der Waals surface area contributed by atoms with Crippen LogP contribution >= 0.6 is 47.2 Å². The number of likely N-dealkylation sites (N-methyl/N-ethyl adjacent to an activating group) is 1. The van der Waals surface area contributed by atoms with Gasteiger partial charge in [0, 0.05) is 17.6 Å². The number of nitrogens with zero attached hydrogens (tertiary/aromatic N) is 1. The number of thiocarbonyl (C=S) groups is 1. The number of thioether (sulfide) groups is 1. The van der Waals surface area contributed by atoms with Gasteiger partial charge in [-0.25, -0.2) is 0 Å². The van der Waals surface area contributed by atoms with Crippen molar-refractivity contribution in [1.82, 2.24) is 4.90 Å². The van der Waals surface area contributed by atoms with Crippen molar-refractivity contribution < 1.29 is 9.90 Å². The third kappa shape index (κ3) is 2.49. The Morgan fingerprint density at radius 3 is 2.67 bits per heavy atom. The van der Waals surface area contributed by atoms with E-state index in [1.165, 1.54) is 34.9 Å². The number of halogens is 2. The van der Waals surface area contributed by atoms with Crippen molar-refractivity contribution in [2.45, 2.75) is 0 Å². The molecule has 1 heterocycles. The first-order valence-electron chi connectivity index (χ1n) is 4.79. The second-order valence-electron chi connectivity index (χ2n) is 3.57. The molecule has 1 amide bonds. The summed E-state index contributed by atoms with van der Waals surface area (Å²) in [6.45, 7) is 0. The maximum atomic E-state index is 11.8. The summed E-state index contributed by atoms with van der Waals surface area (Å²) in [5.41, 5.74) is 0.390. The number of phenolic OH excluding ortho intramolecular Hbond substituents is 1. The average molecular weight is 320 g/mol. The van der Waals surface area contributed by atoms with Crippen molar-refractivity contribution in [3.8, 4) is 5.75 Å². The maximum Gasteiger partial charge on any atom is 0.265 e. The number of aromatic hydroxyl groups is 1. The zero-order valence-electron chi connectivity index (χ0n) is 9.11. The number of hydrogen-bond donors (Lipinski definition) is 1. The highest BCUT2D eigenvalue weighted by molar-refractivity contribution is 8.26. The van der Waals surface area contributed by atoms with Crippen molar-refractivity contribution >= 4 is 63.5 Å². The standard InChI is InChI=1S/C11H7Cl2NO2S2/c1-14-10(16)8(18-11(14)17)3-5-2-6(12)4-7(13)9(5)15/h2-4,15H,1H3/b8-3-. The third-order valence-electron chi connectivity index (χ3n) is 2.33. The van der Waals surface area contributed by atoms with Crippen LogP contribution < -0.4 is 0 Å². The SMILES string of the molecule is CN1C(=O)/C(=C/c2cc(Cl)cc(Cl)c2O)SC1=S. The monoisotopic (exact) mass is 319 g/mol. The molecule has 7 heteroatoms. The largest absolute Gasteiger partial charge is 0.506 e. The molecule has 1 aromatic rings. The van der Waals surface area contributed by atoms with Gasteiger partial charge in [0.2, 0.25) is 0 Å². The fraction of sp³-hybridized carbons (Fsp3) is 0.0909. The molecule has 0 unspecified atom stereocenters. The minimum absolute atomic E-state index is 0.109. The van der Waals surface area contributed by atoms with Crippen molar-refractivity contribution in [1.29, 1.82) is 0 Å². The van der Waals surface area contributed by atoms with Gasteiger partial charge in [-0.05, 0) is 18.2 Å². The van der Waals surface area contributed by atoms with Gasteiger partial charge in [-0.2, -0.15) is 0 Å². The molecule has 94 valence electrons. The van der Waals surface area contributed by atoms with Crippen LogP contribution in [0.2, 0.25) is 10.0 Å². The lowest BCUT2D eigenvalue weighted by Crippen LogP contribution is -2.22. The normalized spacial score (nSPS) is 17.9. The Morgan fingerprint density at radius 1 is 1.44 bits per heavy atom. The van der Waals surface area contributed by atoms with Gasteiger partial charge in [-0.3, -0.25) is 9.69 Å². The van der Waals surface area contributed by atoms with Gasteiger partial charge in [0.05, 0.1) is 9.93 Å². The van der Waals surface area contributed by atoms with E-state index in [0.717, 1.165) is 0 Å². The molecule has 2 rings (SSSR count). The molecule has 1 aliphatic heterocycles. The number of benzene rings is 1. The lowest BCUT2D eigenvalue weighted by Gasteiger charge is -2.05. The molecule has 0 saturated carbocycles. The van der Waals surface area contributed by atoms with E-state index in [0.29, 0.717) is 19.8 Å². The molecule has 0 spiro atoms. The predicted molar refractivity (Wildman–Crippen MR) is 79.1 cm³/mol. The van der Waals surface area contributed by atoms with E-state index in [1.54, 1.807) is 7.05 Å². The number of carbonyl (C=O) groups is 1. The Bertz CT molecular complexity index is 587. The molecule has 1 aliphatic rings. The fourth-order valence-corrected chi connectivity index (χ4v) is 3.06. The first-order valence-corrected chi connectivity index (χ1v) is 6.78. The van der Waals surface area contributed by atoms with E-state index >= 15 is 0 Å². The number of rotatable bonds is 1. The van der Waals surface area contributed by atoms with Crippen LogP contribution in [0, 0.1) is 0 Å². The van der Waals surface area contributed by atoms with Crippen LogP contribution in [0.3, 0.4) is 0 Å². The first kappa shape index (κ1) is 13.7. The van der Waals surface area contributed by atoms with E-state index in [-0.39, 0.29) is 16.7 Å². The van der Waals surface area contributed by atoms with E-state index < -0.39 is 0 Å². The number of phenols is 1. The first-order chi connectivity index (χ1) is 8.40. The molecular weight excluding hydrogens is 313 g/mol. The van der Waals surface area contributed by atoms with Crippen molar-refractivity contribution in [3.05, 3.63) is 32.6 Å². The van der Waals surface area contributed by atoms with Crippen LogP contribution in [0.1, 0.15) is 5.56 Å². The van der Waals surface area contributed by atoms with Crippen molar-refractivity contribution in [3.63, 3.8) is 0 Å². The lowest BCUT2D eigenvalue weighted by molar-refractivity contribution is -0.121. The molecule has 0 atom stereocenters. The highest BCUT2D eigenvalue weighted by Gasteiger charge is 2.29. The maximum absolute atomic E-state index is 11.8. The lowest BCUT2D eigenvalue weighted by atomic mass is 10.2. The summed E-state index contributed by atoms with van der Waals surface area (Å²) in [5.74, 6) is -0.317. The highest BCUT2D eigenvalue weighted by atomic mass is 35.5. The minimum Gasteiger partial charge on any atom is -0.506 e. The second-order valence-corrected chi connectivity index (χ2v) is 6.09. The van der Waals surface area contributed by atoms with Crippen molar-refractivity contribution in [2.24, 2.45) is 0 Å². The van der Waals surface area contributed by atoms with Crippen LogP contribution in [0.4, 0.5) is 0 Å². The number of hydrogen-bond acceptors (Lipinski definition) is 4. The van der Waals surface area contributed by atoms with Crippen LogP contribution in [-0.2, 0) is 4.79 Å². The molecule has 0 aliphatic carbocycles. The molecule has 1 fully saturated rings. The van der Waals surface area contributed by atoms with E-state index in [2.05, 4.69) is 0 Å². The molecule has 18 heavy (non-hydrogen) atoms. The highest BCUT2D eigenvalue weighted by Crippen LogP contribution is 2.36.